The summed E-state index contributed by atoms with van der Waals surface area (Å²) in [7, 11) is 0. The van der Waals surface area contributed by atoms with Crippen LogP contribution in [0, 0.1) is 11.8 Å². The molecule has 0 spiro atoms. The van der Waals surface area contributed by atoms with Gasteiger partial charge in [-0.2, -0.15) is 0 Å². The zero-order chi connectivity index (χ0) is 31.4. The highest BCUT2D eigenvalue weighted by Crippen LogP contribution is 2.27. The Bertz CT molecular complexity index is 1870. The first-order valence-corrected chi connectivity index (χ1v) is 14.1. The molecule has 1 saturated heterocycles. The number of nitrogens with zero attached hydrogens (tertiary/aromatic N) is 3. The Morgan fingerprint density at radius 1 is 1.04 bits per heavy atom. The van der Waals surface area contributed by atoms with Gasteiger partial charge in [0.2, 0.25) is 5.91 Å². The first kappa shape index (κ1) is 32.9. The number of pyridine rings is 2. The molecule has 2 aromatic heterocycles. The summed E-state index contributed by atoms with van der Waals surface area (Å²) in [6.45, 7) is 1.75. The molecule has 0 radical (unpaired) electrons. The molecular weight excluding hydrogens is 619 g/mol. The number of hydrazine groups is 1. The van der Waals surface area contributed by atoms with E-state index in [1.807, 2.05) is 0 Å². The smallest absolute Gasteiger partial charge is 0.326 e. The molecular formula is C32H28Cl2N6O5. The van der Waals surface area contributed by atoms with E-state index in [0.717, 1.165) is 12.8 Å². The molecule has 11 nitrogen and oxygen atoms in total. The Labute approximate surface area is 269 Å². The molecule has 4 aromatic rings. The number of fused-ring (bicyclic) bond motifs is 1. The van der Waals surface area contributed by atoms with Crippen molar-refractivity contribution in [3.8, 4) is 23.1 Å². The monoisotopic (exact) mass is 646 g/mol. The van der Waals surface area contributed by atoms with E-state index >= 15 is 0 Å². The summed E-state index contributed by atoms with van der Waals surface area (Å²) in [6.07, 6.45) is 3.40. The minimum absolute atomic E-state index is 0. The number of anilines is 1. The topological polar surface area (TPSA) is 168 Å². The Hall–Kier alpha value is -5.02. The van der Waals surface area contributed by atoms with Crippen molar-refractivity contribution >= 4 is 64.4 Å². The van der Waals surface area contributed by atoms with Crippen LogP contribution in [0.3, 0.4) is 0 Å². The third-order valence-corrected chi connectivity index (χ3v) is 7.47. The number of amides is 3. The number of rotatable bonds is 5. The second-order valence-corrected chi connectivity index (χ2v) is 10.6. The Morgan fingerprint density at radius 2 is 1.80 bits per heavy atom. The van der Waals surface area contributed by atoms with Gasteiger partial charge < -0.3 is 15.3 Å². The molecule has 0 aliphatic carbocycles. The summed E-state index contributed by atoms with van der Waals surface area (Å²) in [5.41, 5.74) is 5.56. The summed E-state index contributed by atoms with van der Waals surface area (Å²) in [6, 6.07) is 14.3. The number of carbonyl (C=O) groups is 4. The van der Waals surface area contributed by atoms with Crippen molar-refractivity contribution in [1.82, 2.24) is 20.3 Å². The molecule has 1 aliphatic rings. The Morgan fingerprint density at radius 3 is 2.47 bits per heavy atom. The van der Waals surface area contributed by atoms with Crippen molar-refractivity contribution in [2.24, 2.45) is 5.84 Å². The standard InChI is InChI=1S/C32H27ClN6O5.ClH/c1-18(40)36-29-16-27-24(17-35-29)23(30(41)38-34)15-26(37-27)21-9-6-19(7-10-21)5-8-20-11-12-22(14-25(20)33)31(42)39-13-3-2-4-28(39)32(43)44;/h6-7,9-12,14-17,28H,2-4,13,34H2,1H3,(H,38,41)(H,43,44)(H,35,36,40);1H/t28-;/m0./s1. The first-order valence-electron chi connectivity index (χ1n) is 13.7. The summed E-state index contributed by atoms with van der Waals surface area (Å²) >= 11 is 6.45. The fourth-order valence-electron chi connectivity index (χ4n) is 4.99. The highest BCUT2D eigenvalue weighted by atomic mass is 35.5. The molecule has 0 saturated carbocycles. The van der Waals surface area contributed by atoms with Gasteiger partial charge in [-0.05, 0) is 55.7 Å². The van der Waals surface area contributed by atoms with Crippen molar-refractivity contribution in [2.75, 3.05) is 11.9 Å². The van der Waals surface area contributed by atoms with Crippen LogP contribution in [0.5, 0.6) is 0 Å². The maximum Gasteiger partial charge on any atom is 0.326 e. The van der Waals surface area contributed by atoms with Gasteiger partial charge >= 0.3 is 5.97 Å². The minimum Gasteiger partial charge on any atom is -0.480 e. The maximum absolute atomic E-state index is 13.0. The molecule has 1 atom stereocenters. The molecule has 3 amide bonds. The number of carboxylic acids is 1. The molecule has 45 heavy (non-hydrogen) atoms. The van der Waals surface area contributed by atoms with Crippen LogP contribution in [-0.4, -0.2) is 56.3 Å². The molecule has 3 heterocycles. The average molecular weight is 648 g/mol. The third kappa shape index (κ3) is 7.38. The lowest BCUT2D eigenvalue weighted by atomic mass is 10.0. The van der Waals surface area contributed by atoms with Crippen molar-refractivity contribution in [1.29, 1.82) is 0 Å². The lowest BCUT2D eigenvalue weighted by molar-refractivity contribution is -0.143. The van der Waals surface area contributed by atoms with Crippen molar-refractivity contribution in [3.05, 3.63) is 88.1 Å². The molecule has 2 aromatic carbocycles. The van der Waals surface area contributed by atoms with Crippen LogP contribution in [0.4, 0.5) is 5.82 Å². The fourth-order valence-corrected chi connectivity index (χ4v) is 5.22. The van der Waals surface area contributed by atoms with E-state index in [1.165, 1.54) is 24.1 Å². The van der Waals surface area contributed by atoms with E-state index in [-0.39, 0.29) is 34.8 Å². The van der Waals surface area contributed by atoms with Crippen LogP contribution in [-0.2, 0) is 9.59 Å². The number of carbonyl (C=O) groups excluding carboxylic acids is 3. The van der Waals surface area contributed by atoms with Crippen LogP contribution < -0.4 is 16.6 Å². The number of halogens is 2. The van der Waals surface area contributed by atoms with Crippen LogP contribution in [0.25, 0.3) is 22.2 Å². The van der Waals surface area contributed by atoms with E-state index in [2.05, 4.69) is 32.6 Å². The summed E-state index contributed by atoms with van der Waals surface area (Å²) in [5.74, 6) is 9.58. The number of piperidine rings is 1. The zero-order valence-corrected chi connectivity index (χ0v) is 25.5. The summed E-state index contributed by atoms with van der Waals surface area (Å²) < 4.78 is 0. The van der Waals surface area contributed by atoms with Gasteiger partial charge in [-0.1, -0.05) is 35.6 Å². The predicted molar refractivity (Wildman–Crippen MR) is 172 cm³/mol. The minimum atomic E-state index is -1.01. The van der Waals surface area contributed by atoms with E-state index in [1.54, 1.807) is 48.5 Å². The molecule has 0 bridgehead atoms. The van der Waals surface area contributed by atoms with E-state index in [4.69, 9.17) is 17.4 Å². The van der Waals surface area contributed by atoms with Crippen molar-refractivity contribution in [3.63, 3.8) is 0 Å². The second-order valence-electron chi connectivity index (χ2n) is 10.2. The van der Waals surface area contributed by atoms with Gasteiger partial charge in [0.1, 0.15) is 11.9 Å². The Balaban J connectivity index is 0.00000461. The number of aliphatic carboxylic acids is 1. The van der Waals surface area contributed by atoms with Crippen LogP contribution in [0.1, 0.15) is 58.0 Å². The SMILES string of the molecule is CC(=O)Nc1cc2nc(-c3ccc(C#Cc4ccc(C(=O)N5CCCC[C@H]5C(=O)O)cc4Cl)cc3)cc(C(=O)NN)c2cn1.Cl. The van der Waals surface area contributed by atoms with Crippen LogP contribution in [0.15, 0.2) is 60.8 Å². The Kier molecular flexibility index (Phi) is 10.4. The number of likely N-dealkylation sites (tertiary alicyclic amines) is 1. The zero-order valence-electron chi connectivity index (χ0n) is 24.0. The molecule has 5 N–H and O–H groups in total. The maximum atomic E-state index is 13.0. The summed E-state index contributed by atoms with van der Waals surface area (Å²) in [5, 5.41) is 12.9. The highest BCUT2D eigenvalue weighted by molar-refractivity contribution is 6.32. The van der Waals surface area contributed by atoms with Gasteiger partial charge in [-0.25, -0.2) is 20.6 Å². The van der Waals surface area contributed by atoms with Crippen molar-refractivity contribution < 1.29 is 24.3 Å². The number of benzene rings is 2. The van der Waals surface area contributed by atoms with Crippen molar-refractivity contribution in [2.45, 2.75) is 32.2 Å². The second kappa shape index (κ2) is 14.2. The third-order valence-electron chi connectivity index (χ3n) is 7.16. The van der Waals surface area contributed by atoms with Gasteiger partial charge in [-0.3, -0.25) is 19.8 Å². The number of nitrogen functional groups attached to an aromatic ring is 1. The van der Waals surface area contributed by atoms with Gasteiger partial charge in [0, 0.05) is 53.4 Å². The molecule has 0 unspecified atom stereocenters. The largest absolute Gasteiger partial charge is 0.480 e. The lowest BCUT2D eigenvalue weighted by Gasteiger charge is -2.33. The molecule has 1 fully saturated rings. The number of aromatic nitrogens is 2. The number of hydrogen-bond acceptors (Lipinski definition) is 7. The number of nitrogens with one attached hydrogen (secondary N) is 2. The molecule has 1 aliphatic heterocycles. The predicted octanol–water partition coefficient (Wildman–Crippen LogP) is 4.41. The normalized spacial score (nSPS) is 14.0. The van der Waals surface area contributed by atoms with Gasteiger partial charge in [0.25, 0.3) is 11.8 Å². The number of nitrogens with two attached hydrogens (primary N) is 1. The fraction of sp³-hybridized carbons (Fsp3) is 0.188. The molecule has 230 valence electrons. The number of carboxylic acid groups (broad SMARTS) is 1. The van der Waals surface area contributed by atoms with Gasteiger partial charge in [0.05, 0.1) is 21.8 Å². The first-order chi connectivity index (χ1) is 21.1. The number of hydrogen-bond donors (Lipinski definition) is 4. The van der Waals surface area contributed by atoms with E-state index < -0.39 is 17.9 Å². The van der Waals surface area contributed by atoms with Gasteiger partial charge in [-0.15, -0.1) is 12.4 Å². The van der Waals surface area contributed by atoms with Crippen LogP contribution >= 0.6 is 24.0 Å². The summed E-state index contributed by atoms with van der Waals surface area (Å²) in [4.78, 5) is 58.9. The van der Waals surface area contributed by atoms with E-state index in [9.17, 15) is 24.3 Å². The van der Waals surface area contributed by atoms with Crippen LogP contribution in [0.2, 0.25) is 5.02 Å². The lowest BCUT2D eigenvalue weighted by Crippen LogP contribution is -2.47. The highest BCUT2D eigenvalue weighted by Gasteiger charge is 2.32. The molecule has 13 heteroatoms. The quantitative estimate of drug-likeness (QED) is 0.107. The molecule has 5 rings (SSSR count). The average Bonchev–Trinajstić information content (AvgIpc) is 3.02. The van der Waals surface area contributed by atoms with Gasteiger partial charge in [0.15, 0.2) is 0 Å². The van der Waals surface area contributed by atoms with E-state index in [0.29, 0.717) is 57.6 Å².